The number of aliphatic hydroxyl groups is 1. The molecule has 0 radical (unpaired) electrons. The molecule has 0 aliphatic carbocycles. The van der Waals surface area contributed by atoms with Crippen LogP contribution in [0.3, 0.4) is 0 Å². The number of hydrogen-bond donors (Lipinski definition) is 2. The van der Waals surface area contributed by atoms with Crippen molar-refractivity contribution in [2.45, 2.75) is 19.9 Å². The van der Waals surface area contributed by atoms with E-state index >= 15 is 0 Å². The van der Waals surface area contributed by atoms with Gasteiger partial charge in [0.05, 0.1) is 27.2 Å². The molecule has 2 aromatic carbocycles. The maximum absolute atomic E-state index is 13.4. The predicted octanol–water partition coefficient (Wildman–Crippen LogP) is 4.90. The average Bonchev–Trinajstić information content (AvgIpc) is 3.19. The smallest absolute Gasteiger partial charge is 0.294 e. The Morgan fingerprint density at radius 1 is 1.07 bits per heavy atom. The maximum atomic E-state index is 13.4. The molecule has 0 spiro atoms. The van der Waals surface area contributed by atoms with E-state index in [0.29, 0.717) is 26.8 Å². The number of amides is 1. The fraction of sp³-hybridized carbons (Fsp3) is 0.136. The molecule has 30 heavy (non-hydrogen) atoms. The maximum Gasteiger partial charge on any atom is 0.294 e. The number of carbonyl (C=O) groups excluding carboxylic acids is 2. The molecule has 1 aromatic heterocycles. The van der Waals surface area contributed by atoms with Gasteiger partial charge < -0.3 is 10.2 Å². The molecule has 0 saturated heterocycles. The van der Waals surface area contributed by atoms with Crippen LogP contribution in [0.5, 0.6) is 5.75 Å². The van der Waals surface area contributed by atoms with Crippen LogP contribution in [-0.2, 0) is 4.79 Å². The van der Waals surface area contributed by atoms with E-state index in [0.717, 1.165) is 5.01 Å². The van der Waals surface area contributed by atoms with E-state index in [1.807, 2.05) is 0 Å². The molecule has 2 heterocycles. The topological polar surface area (TPSA) is 90.7 Å². The molecule has 2 N–H and O–H groups in total. The van der Waals surface area contributed by atoms with Gasteiger partial charge in [-0.15, -0.1) is 11.3 Å². The molecule has 1 aliphatic heterocycles. The average molecular weight is 441 g/mol. The number of carbonyl (C=O) groups is 2. The number of ketones is 1. The fourth-order valence-corrected chi connectivity index (χ4v) is 4.54. The number of aromatic hydroxyl groups is 1. The lowest BCUT2D eigenvalue weighted by Crippen LogP contribution is -2.31. The Morgan fingerprint density at radius 2 is 1.70 bits per heavy atom. The van der Waals surface area contributed by atoms with Gasteiger partial charge in [0.15, 0.2) is 5.76 Å². The minimum atomic E-state index is -0.867. The Kier molecular flexibility index (Phi) is 5.09. The molecular weight excluding hydrogens is 424 g/mol. The van der Waals surface area contributed by atoms with Crippen LogP contribution in [0.2, 0.25) is 5.02 Å². The lowest BCUT2D eigenvalue weighted by Gasteiger charge is -2.27. The van der Waals surface area contributed by atoms with Crippen molar-refractivity contribution in [1.29, 1.82) is 0 Å². The van der Waals surface area contributed by atoms with Crippen molar-refractivity contribution in [1.82, 2.24) is 4.98 Å². The van der Waals surface area contributed by atoms with Gasteiger partial charge in [-0.1, -0.05) is 23.7 Å². The number of aromatic nitrogens is 1. The molecule has 1 amide bonds. The second-order valence-electron chi connectivity index (χ2n) is 6.88. The summed E-state index contributed by atoms with van der Waals surface area (Å²) < 4.78 is 0. The summed E-state index contributed by atoms with van der Waals surface area (Å²) in [4.78, 5) is 32.5. The minimum Gasteiger partial charge on any atom is -0.508 e. The predicted molar refractivity (Wildman–Crippen MR) is 115 cm³/mol. The molecule has 0 bridgehead atoms. The van der Waals surface area contributed by atoms with Crippen molar-refractivity contribution < 1.29 is 19.8 Å². The zero-order valence-electron chi connectivity index (χ0n) is 16.1. The van der Waals surface area contributed by atoms with Crippen LogP contribution in [0.1, 0.15) is 32.0 Å². The van der Waals surface area contributed by atoms with Crippen molar-refractivity contribution >= 4 is 40.3 Å². The van der Waals surface area contributed by atoms with E-state index in [1.165, 1.54) is 28.4 Å². The minimum absolute atomic E-state index is 0.0209. The normalized spacial score (nSPS) is 16.4. The SMILES string of the molecule is Cc1nc(C)c(C(=O)C2=C(O)C(=O)N(c3ccc(Cl)cc3)C2c2ccc(O)cc2)s1. The lowest BCUT2D eigenvalue weighted by molar-refractivity contribution is -0.117. The van der Waals surface area contributed by atoms with E-state index < -0.39 is 23.5 Å². The Labute approximate surface area is 181 Å². The largest absolute Gasteiger partial charge is 0.508 e. The zero-order chi connectivity index (χ0) is 21.6. The number of anilines is 1. The van der Waals surface area contributed by atoms with Crippen LogP contribution in [0.4, 0.5) is 5.69 Å². The summed E-state index contributed by atoms with van der Waals surface area (Å²) in [6, 6.07) is 11.9. The summed E-state index contributed by atoms with van der Waals surface area (Å²) >= 11 is 7.20. The molecule has 152 valence electrons. The third-order valence-electron chi connectivity index (χ3n) is 4.88. The molecule has 0 saturated carbocycles. The number of benzene rings is 2. The first-order valence-corrected chi connectivity index (χ1v) is 10.3. The van der Waals surface area contributed by atoms with E-state index in [4.69, 9.17) is 11.6 Å². The Hall–Kier alpha value is -3.16. The van der Waals surface area contributed by atoms with Gasteiger partial charge in [-0.3, -0.25) is 14.5 Å². The number of hydrogen-bond acceptors (Lipinski definition) is 6. The third kappa shape index (κ3) is 3.36. The van der Waals surface area contributed by atoms with Crippen LogP contribution < -0.4 is 4.90 Å². The second-order valence-corrected chi connectivity index (χ2v) is 8.52. The number of thiazole rings is 1. The molecule has 6 nitrogen and oxygen atoms in total. The Balaban J connectivity index is 1.89. The van der Waals surface area contributed by atoms with Crippen LogP contribution in [0.25, 0.3) is 0 Å². The van der Waals surface area contributed by atoms with Crippen LogP contribution in [0, 0.1) is 13.8 Å². The van der Waals surface area contributed by atoms with Gasteiger partial charge in [-0.05, 0) is 55.8 Å². The summed E-state index contributed by atoms with van der Waals surface area (Å²) in [5.41, 5.74) is 1.58. The highest BCUT2D eigenvalue weighted by Crippen LogP contribution is 2.43. The standard InChI is InChI=1S/C22H17ClN2O4S/c1-11-21(30-12(2)24-11)19(27)17-18(13-3-9-16(26)10-4-13)25(22(29)20(17)28)15-7-5-14(23)6-8-15/h3-10,18,26,28H,1-2H3. The summed E-state index contributed by atoms with van der Waals surface area (Å²) in [6.07, 6.45) is 0. The lowest BCUT2D eigenvalue weighted by atomic mass is 9.94. The van der Waals surface area contributed by atoms with E-state index in [1.54, 1.807) is 50.2 Å². The van der Waals surface area contributed by atoms with E-state index in [2.05, 4.69) is 4.98 Å². The number of nitrogens with zero attached hydrogens (tertiary/aromatic N) is 2. The molecular formula is C22H17ClN2O4S. The second kappa shape index (κ2) is 7.59. The first kappa shape index (κ1) is 20.1. The van der Waals surface area contributed by atoms with Crippen molar-refractivity contribution in [3.05, 3.63) is 86.0 Å². The molecule has 3 aromatic rings. The van der Waals surface area contributed by atoms with Crippen molar-refractivity contribution in [2.75, 3.05) is 4.90 Å². The van der Waals surface area contributed by atoms with E-state index in [9.17, 15) is 19.8 Å². The van der Waals surface area contributed by atoms with Crippen LogP contribution >= 0.6 is 22.9 Å². The highest BCUT2D eigenvalue weighted by molar-refractivity contribution is 7.14. The number of aliphatic hydroxyl groups excluding tert-OH is 1. The molecule has 4 rings (SSSR count). The summed E-state index contributed by atoms with van der Waals surface area (Å²) in [5.74, 6) is -1.68. The number of Topliss-reactive ketones (excluding diaryl/α,β-unsaturated/α-hetero) is 1. The molecule has 1 atom stereocenters. The van der Waals surface area contributed by atoms with Gasteiger partial charge in [-0.2, -0.15) is 0 Å². The number of rotatable bonds is 4. The van der Waals surface area contributed by atoms with Gasteiger partial charge in [0.1, 0.15) is 5.75 Å². The number of halogens is 1. The molecule has 1 unspecified atom stereocenters. The number of phenols is 1. The highest BCUT2D eigenvalue weighted by Gasteiger charge is 2.45. The first-order valence-electron chi connectivity index (χ1n) is 9.08. The quantitative estimate of drug-likeness (QED) is 0.563. The monoisotopic (exact) mass is 440 g/mol. The van der Waals surface area contributed by atoms with Crippen molar-refractivity contribution in [3.8, 4) is 5.75 Å². The highest BCUT2D eigenvalue weighted by atomic mass is 35.5. The van der Waals surface area contributed by atoms with E-state index in [-0.39, 0.29) is 11.3 Å². The first-order chi connectivity index (χ1) is 14.3. The summed E-state index contributed by atoms with van der Waals surface area (Å²) in [5, 5.41) is 21.6. The number of phenolic OH excluding ortho intramolecular Hbond substituents is 1. The van der Waals surface area contributed by atoms with Gasteiger partial charge >= 0.3 is 0 Å². The van der Waals surface area contributed by atoms with Crippen molar-refractivity contribution in [2.24, 2.45) is 0 Å². The summed E-state index contributed by atoms with van der Waals surface area (Å²) in [6.45, 7) is 3.51. The Morgan fingerprint density at radius 3 is 2.27 bits per heavy atom. The van der Waals surface area contributed by atoms with Gasteiger partial charge in [-0.25, -0.2) is 4.98 Å². The van der Waals surface area contributed by atoms with Gasteiger partial charge in [0.2, 0.25) is 5.78 Å². The summed E-state index contributed by atoms with van der Waals surface area (Å²) in [7, 11) is 0. The number of aryl methyl sites for hydroxylation is 2. The Bertz CT molecular complexity index is 1180. The van der Waals surface area contributed by atoms with Crippen LogP contribution in [0.15, 0.2) is 59.9 Å². The fourth-order valence-electron chi connectivity index (χ4n) is 3.54. The van der Waals surface area contributed by atoms with Gasteiger partial charge in [0.25, 0.3) is 5.91 Å². The zero-order valence-corrected chi connectivity index (χ0v) is 17.7. The van der Waals surface area contributed by atoms with Crippen LogP contribution in [-0.4, -0.2) is 26.9 Å². The van der Waals surface area contributed by atoms with Gasteiger partial charge in [0, 0.05) is 10.7 Å². The van der Waals surface area contributed by atoms with Crippen molar-refractivity contribution in [3.63, 3.8) is 0 Å². The molecule has 8 heteroatoms. The third-order valence-corrected chi connectivity index (χ3v) is 6.20. The molecule has 1 aliphatic rings. The molecule has 0 fully saturated rings.